The van der Waals surface area contributed by atoms with Crippen LogP contribution in [0, 0.1) is 11.6 Å². The summed E-state index contributed by atoms with van der Waals surface area (Å²) in [6.45, 7) is 0. The van der Waals surface area contributed by atoms with Crippen LogP contribution in [0.1, 0.15) is 11.1 Å². The Hall–Kier alpha value is -2.43. The highest BCUT2D eigenvalue weighted by Crippen LogP contribution is 2.37. The SMILES string of the molecule is Fc1cccc(F)c1NC(=S)Nc1cc(C(F)(F)F)cc(C(F)(F)F)c1. The molecule has 0 heterocycles. The predicted molar refractivity (Wildman–Crippen MR) is 82.6 cm³/mol. The van der Waals surface area contributed by atoms with Crippen molar-refractivity contribution in [2.75, 3.05) is 10.6 Å². The number of rotatable bonds is 2. The normalized spacial score (nSPS) is 12.0. The molecule has 2 aromatic rings. The molecule has 0 saturated carbocycles. The Balaban J connectivity index is 2.32. The van der Waals surface area contributed by atoms with Crippen molar-refractivity contribution < 1.29 is 35.1 Å². The van der Waals surface area contributed by atoms with E-state index in [1.165, 1.54) is 0 Å². The fraction of sp³-hybridized carbons (Fsp3) is 0.133. The summed E-state index contributed by atoms with van der Waals surface area (Å²) in [5.41, 5.74) is -4.47. The second kappa shape index (κ2) is 7.06. The predicted octanol–water partition coefficient (Wildman–Crippen LogP) is 5.81. The molecule has 0 radical (unpaired) electrons. The standard InChI is InChI=1S/C15H8F8N2S/c16-10-2-1-3-11(17)12(10)25-13(26)24-9-5-7(14(18,19)20)4-8(6-9)15(21,22)23/h1-6H,(H2,24,25,26). The number of nitrogens with one attached hydrogen (secondary N) is 2. The van der Waals surface area contributed by atoms with Crippen molar-refractivity contribution in [2.45, 2.75) is 12.4 Å². The molecular formula is C15H8F8N2S. The first-order valence-corrected chi connectivity index (χ1v) is 7.10. The van der Waals surface area contributed by atoms with E-state index in [2.05, 4.69) is 10.6 Å². The monoisotopic (exact) mass is 400 g/mol. The number of para-hydroxylation sites is 1. The summed E-state index contributed by atoms with van der Waals surface area (Å²) in [6.07, 6.45) is -10.1. The van der Waals surface area contributed by atoms with Crippen LogP contribution >= 0.6 is 12.2 Å². The van der Waals surface area contributed by atoms with E-state index in [-0.39, 0.29) is 6.07 Å². The highest BCUT2D eigenvalue weighted by molar-refractivity contribution is 7.80. The third-order valence-corrected chi connectivity index (χ3v) is 3.25. The molecule has 0 amide bonds. The van der Waals surface area contributed by atoms with Crippen molar-refractivity contribution >= 4 is 28.7 Å². The third-order valence-electron chi connectivity index (χ3n) is 3.05. The van der Waals surface area contributed by atoms with Gasteiger partial charge in [-0.3, -0.25) is 0 Å². The van der Waals surface area contributed by atoms with Crippen LogP contribution in [-0.4, -0.2) is 5.11 Å². The van der Waals surface area contributed by atoms with E-state index in [0.29, 0.717) is 12.1 Å². The van der Waals surface area contributed by atoms with E-state index in [1.54, 1.807) is 0 Å². The minimum atomic E-state index is -5.04. The van der Waals surface area contributed by atoms with Crippen LogP contribution in [0.4, 0.5) is 46.5 Å². The number of anilines is 2. The second-order valence-electron chi connectivity index (χ2n) is 4.97. The van der Waals surface area contributed by atoms with E-state index in [0.717, 1.165) is 18.2 Å². The van der Waals surface area contributed by atoms with Gasteiger partial charge in [0.15, 0.2) is 5.11 Å². The minimum Gasteiger partial charge on any atom is -0.332 e. The van der Waals surface area contributed by atoms with E-state index < -0.39 is 51.6 Å². The van der Waals surface area contributed by atoms with Crippen molar-refractivity contribution in [3.8, 4) is 0 Å². The van der Waals surface area contributed by atoms with Gasteiger partial charge in [0.2, 0.25) is 0 Å². The van der Waals surface area contributed by atoms with Gasteiger partial charge in [-0.1, -0.05) is 6.07 Å². The topological polar surface area (TPSA) is 24.1 Å². The number of thiocarbonyl (C=S) groups is 1. The minimum absolute atomic E-state index is 0.0574. The summed E-state index contributed by atoms with van der Waals surface area (Å²) in [5.74, 6) is -2.09. The molecule has 0 aliphatic heterocycles. The molecule has 0 aliphatic carbocycles. The highest BCUT2D eigenvalue weighted by Gasteiger charge is 2.37. The first kappa shape index (κ1) is 19.9. The van der Waals surface area contributed by atoms with Crippen molar-refractivity contribution in [2.24, 2.45) is 0 Å². The summed E-state index contributed by atoms with van der Waals surface area (Å²) in [5, 5.41) is 3.51. The van der Waals surface area contributed by atoms with Gasteiger partial charge in [-0.05, 0) is 42.5 Å². The molecule has 2 nitrogen and oxygen atoms in total. The first-order chi connectivity index (χ1) is 11.9. The number of benzene rings is 2. The Morgan fingerprint density at radius 1 is 0.769 bits per heavy atom. The lowest BCUT2D eigenvalue weighted by Gasteiger charge is -2.16. The summed E-state index contributed by atoms with van der Waals surface area (Å²) < 4.78 is 104. The van der Waals surface area contributed by atoms with Crippen LogP contribution in [0.25, 0.3) is 0 Å². The van der Waals surface area contributed by atoms with Crippen molar-refractivity contribution in [1.82, 2.24) is 0 Å². The Morgan fingerprint density at radius 2 is 1.23 bits per heavy atom. The van der Waals surface area contributed by atoms with Gasteiger partial charge in [0.25, 0.3) is 0 Å². The zero-order valence-electron chi connectivity index (χ0n) is 12.4. The van der Waals surface area contributed by atoms with E-state index in [4.69, 9.17) is 12.2 Å². The van der Waals surface area contributed by atoms with Crippen LogP contribution in [0.3, 0.4) is 0 Å². The maximum Gasteiger partial charge on any atom is 0.416 e. The van der Waals surface area contributed by atoms with Crippen molar-refractivity contribution in [3.05, 3.63) is 59.2 Å². The first-order valence-electron chi connectivity index (χ1n) is 6.69. The van der Waals surface area contributed by atoms with Crippen molar-refractivity contribution in [3.63, 3.8) is 0 Å². The zero-order valence-corrected chi connectivity index (χ0v) is 13.2. The smallest absolute Gasteiger partial charge is 0.332 e. The Bertz CT molecular complexity index is 777. The quantitative estimate of drug-likeness (QED) is 0.491. The van der Waals surface area contributed by atoms with Crippen LogP contribution in [0.2, 0.25) is 0 Å². The fourth-order valence-electron chi connectivity index (χ4n) is 1.92. The van der Waals surface area contributed by atoms with E-state index in [1.807, 2.05) is 0 Å². The lowest BCUT2D eigenvalue weighted by atomic mass is 10.1. The van der Waals surface area contributed by atoms with Crippen LogP contribution < -0.4 is 10.6 Å². The van der Waals surface area contributed by atoms with Gasteiger partial charge in [-0.15, -0.1) is 0 Å². The molecule has 2 N–H and O–H groups in total. The third kappa shape index (κ3) is 4.81. The molecule has 0 fully saturated rings. The van der Waals surface area contributed by atoms with Gasteiger partial charge in [-0.25, -0.2) is 8.78 Å². The molecule has 0 aliphatic rings. The van der Waals surface area contributed by atoms with Crippen LogP contribution in [-0.2, 0) is 12.4 Å². The van der Waals surface area contributed by atoms with Crippen LogP contribution in [0.15, 0.2) is 36.4 Å². The second-order valence-corrected chi connectivity index (χ2v) is 5.38. The zero-order chi connectivity index (χ0) is 19.7. The Labute approximate surface area is 146 Å². The molecule has 0 bridgehead atoms. The number of hydrogen-bond donors (Lipinski definition) is 2. The summed E-state index contributed by atoms with van der Waals surface area (Å²) in [4.78, 5) is 0. The molecule has 2 rings (SSSR count). The molecule has 0 spiro atoms. The maximum atomic E-state index is 13.5. The fourth-order valence-corrected chi connectivity index (χ4v) is 2.14. The highest BCUT2D eigenvalue weighted by atomic mass is 32.1. The Morgan fingerprint density at radius 3 is 1.65 bits per heavy atom. The van der Waals surface area contributed by atoms with Gasteiger partial charge < -0.3 is 10.6 Å². The van der Waals surface area contributed by atoms with Gasteiger partial charge in [0, 0.05) is 5.69 Å². The average Bonchev–Trinajstić information content (AvgIpc) is 2.49. The number of alkyl halides is 6. The maximum absolute atomic E-state index is 13.5. The molecule has 26 heavy (non-hydrogen) atoms. The van der Waals surface area contributed by atoms with Crippen LogP contribution in [0.5, 0.6) is 0 Å². The van der Waals surface area contributed by atoms with Crippen molar-refractivity contribution in [1.29, 1.82) is 0 Å². The largest absolute Gasteiger partial charge is 0.416 e. The lowest BCUT2D eigenvalue weighted by molar-refractivity contribution is -0.143. The average molecular weight is 400 g/mol. The lowest BCUT2D eigenvalue weighted by Crippen LogP contribution is -2.21. The van der Waals surface area contributed by atoms with Gasteiger partial charge in [-0.2, -0.15) is 26.3 Å². The van der Waals surface area contributed by atoms with E-state index in [9.17, 15) is 35.1 Å². The molecule has 0 aromatic heterocycles. The molecule has 2 aromatic carbocycles. The molecule has 0 unspecified atom stereocenters. The van der Waals surface area contributed by atoms with Gasteiger partial charge in [0.1, 0.15) is 17.3 Å². The Kier molecular flexibility index (Phi) is 5.40. The van der Waals surface area contributed by atoms with Gasteiger partial charge >= 0.3 is 12.4 Å². The van der Waals surface area contributed by atoms with E-state index >= 15 is 0 Å². The molecule has 11 heteroatoms. The molecular weight excluding hydrogens is 392 g/mol. The summed E-state index contributed by atoms with van der Waals surface area (Å²) >= 11 is 4.69. The molecule has 0 atom stereocenters. The molecule has 140 valence electrons. The van der Waals surface area contributed by atoms with Gasteiger partial charge in [0.05, 0.1) is 11.1 Å². The number of halogens is 8. The number of hydrogen-bond acceptors (Lipinski definition) is 1. The molecule has 0 saturated heterocycles. The summed E-state index contributed by atoms with van der Waals surface area (Å²) in [6, 6.07) is 3.56. The summed E-state index contributed by atoms with van der Waals surface area (Å²) in [7, 11) is 0.